The molecule has 0 spiro atoms. The molecule has 1 rings (SSSR count). The molecule has 0 bridgehead atoms. The summed E-state index contributed by atoms with van der Waals surface area (Å²) in [6, 6.07) is 9.34. The van der Waals surface area contributed by atoms with Crippen molar-refractivity contribution in [1.29, 1.82) is 0 Å². The molecule has 0 amide bonds. The summed E-state index contributed by atoms with van der Waals surface area (Å²) in [4.78, 5) is 0. The van der Waals surface area contributed by atoms with Crippen LogP contribution in [-0.2, 0) is 12.8 Å². The van der Waals surface area contributed by atoms with E-state index in [9.17, 15) is 0 Å². The molecule has 4 atom stereocenters. The summed E-state index contributed by atoms with van der Waals surface area (Å²) in [5.74, 6) is 1.05. The molecule has 2 heteroatoms. The Bertz CT molecular complexity index is 352. The zero-order valence-electron chi connectivity index (χ0n) is 13.6. The second-order valence-electron chi connectivity index (χ2n) is 6.28. The maximum Gasteiger partial charge on any atom is 0.00650 e. The zero-order chi connectivity index (χ0) is 15.1. The molecule has 4 unspecified atom stereocenters. The van der Waals surface area contributed by atoms with Crippen LogP contribution in [0.3, 0.4) is 0 Å². The lowest BCUT2D eigenvalue weighted by Gasteiger charge is -2.23. The van der Waals surface area contributed by atoms with Gasteiger partial charge in [0.2, 0.25) is 0 Å². The molecule has 0 heterocycles. The van der Waals surface area contributed by atoms with E-state index in [0.717, 1.165) is 25.7 Å². The van der Waals surface area contributed by atoms with Gasteiger partial charge in [0.1, 0.15) is 0 Å². The van der Waals surface area contributed by atoms with Crippen molar-refractivity contribution in [2.24, 2.45) is 23.3 Å². The SMILES string of the molecule is CCC(N)C(C)Cc1ccccc1CC(C)C(N)CC. The van der Waals surface area contributed by atoms with Crippen LogP contribution in [0.1, 0.15) is 51.7 Å². The van der Waals surface area contributed by atoms with E-state index >= 15 is 0 Å². The minimum atomic E-state index is 0.290. The fourth-order valence-corrected chi connectivity index (χ4v) is 2.76. The van der Waals surface area contributed by atoms with Crippen molar-refractivity contribution in [2.75, 3.05) is 0 Å². The highest BCUT2D eigenvalue weighted by molar-refractivity contribution is 5.28. The lowest BCUT2D eigenvalue weighted by atomic mass is 9.86. The maximum atomic E-state index is 6.17. The van der Waals surface area contributed by atoms with Crippen LogP contribution in [0.25, 0.3) is 0 Å². The van der Waals surface area contributed by atoms with Gasteiger partial charge in [0.15, 0.2) is 0 Å². The fraction of sp³-hybridized carbons (Fsp3) is 0.667. The Morgan fingerprint density at radius 3 is 1.45 bits per heavy atom. The lowest BCUT2D eigenvalue weighted by molar-refractivity contribution is 0.428. The molecular formula is C18H32N2. The highest BCUT2D eigenvalue weighted by Crippen LogP contribution is 2.21. The van der Waals surface area contributed by atoms with Gasteiger partial charge in [-0.3, -0.25) is 0 Å². The van der Waals surface area contributed by atoms with Crippen LogP contribution in [0, 0.1) is 11.8 Å². The van der Waals surface area contributed by atoms with Crippen molar-refractivity contribution in [2.45, 2.75) is 65.5 Å². The van der Waals surface area contributed by atoms with Crippen molar-refractivity contribution in [3.8, 4) is 0 Å². The van der Waals surface area contributed by atoms with E-state index in [4.69, 9.17) is 11.5 Å². The molecular weight excluding hydrogens is 244 g/mol. The third kappa shape index (κ3) is 4.92. The molecule has 1 aromatic carbocycles. The van der Waals surface area contributed by atoms with Crippen molar-refractivity contribution in [3.05, 3.63) is 35.4 Å². The molecule has 0 aromatic heterocycles. The van der Waals surface area contributed by atoms with E-state index in [1.54, 1.807) is 0 Å². The number of benzene rings is 1. The summed E-state index contributed by atoms with van der Waals surface area (Å²) >= 11 is 0. The second-order valence-corrected chi connectivity index (χ2v) is 6.28. The number of hydrogen-bond donors (Lipinski definition) is 2. The molecule has 0 aliphatic heterocycles. The third-order valence-electron chi connectivity index (χ3n) is 4.61. The molecule has 0 saturated carbocycles. The third-order valence-corrected chi connectivity index (χ3v) is 4.61. The number of hydrogen-bond acceptors (Lipinski definition) is 2. The van der Waals surface area contributed by atoms with E-state index in [-0.39, 0.29) is 0 Å². The van der Waals surface area contributed by atoms with Crippen LogP contribution in [0.2, 0.25) is 0 Å². The normalized spacial score (nSPS) is 17.5. The molecule has 0 radical (unpaired) electrons. The molecule has 1 aromatic rings. The summed E-state index contributed by atoms with van der Waals surface area (Å²) in [5.41, 5.74) is 15.2. The van der Waals surface area contributed by atoms with Crippen molar-refractivity contribution >= 4 is 0 Å². The molecule has 0 saturated heterocycles. The van der Waals surface area contributed by atoms with Gasteiger partial charge in [-0.25, -0.2) is 0 Å². The predicted molar refractivity (Wildman–Crippen MR) is 88.7 cm³/mol. The van der Waals surface area contributed by atoms with Gasteiger partial charge >= 0.3 is 0 Å². The van der Waals surface area contributed by atoms with Gasteiger partial charge < -0.3 is 11.5 Å². The number of rotatable bonds is 8. The van der Waals surface area contributed by atoms with E-state index in [0.29, 0.717) is 23.9 Å². The summed E-state index contributed by atoms with van der Waals surface area (Å²) in [6.07, 6.45) is 4.22. The van der Waals surface area contributed by atoms with E-state index in [1.165, 1.54) is 11.1 Å². The Labute approximate surface area is 124 Å². The first-order valence-corrected chi connectivity index (χ1v) is 8.07. The smallest absolute Gasteiger partial charge is 0.00650 e. The van der Waals surface area contributed by atoms with Crippen LogP contribution in [0.15, 0.2) is 24.3 Å². The van der Waals surface area contributed by atoms with Gasteiger partial charge in [-0.1, -0.05) is 52.0 Å². The molecule has 0 fully saturated rings. The monoisotopic (exact) mass is 276 g/mol. The largest absolute Gasteiger partial charge is 0.327 e. The average molecular weight is 276 g/mol. The summed E-state index contributed by atoms with van der Waals surface area (Å²) in [7, 11) is 0. The first kappa shape index (κ1) is 17.2. The van der Waals surface area contributed by atoms with Crippen LogP contribution in [-0.4, -0.2) is 12.1 Å². The topological polar surface area (TPSA) is 52.0 Å². The molecule has 114 valence electrons. The summed E-state index contributed by atoms with van der Waals surface area (Å²) in [6.45, 7) is 8.84. The van der Waals surface area contributed by atoms with Gasteiger partial charge in [-0.05, 0) is 48.6 Å². The van der Waals surface area contributed by atoms with Crippen molar-refractivity contribution in [3.63, 3.8) is 0 Å². The number of nitrogens with two attached hydrogens (primary N) is 2. The van der Waals surface area contributed by atoms with E-state index in [1.807, 2.05) is 0 Å². The van der Waals surface area contributed by atoms with Gasteiger partial charge in [-0.2, -0.15) is 0 Å². The van der Waals surface area contributed by atoms with E-state index in [2.05, 4.69) is 52.0 Å². The Kier molecular flexibility index (Phi) is 7.25. The Hall–Kier alpha value is -0.860. The van der Waals surface area contributed by atoms with Gasteiger partial charge in [0, 0.05) is 12.1 Å². The van der Waals surface area contributed by atoms with E-state index < -0.39 is 0 Å². The summed E-state index contributed by atoms with van der Waals surface area (Å²) < 4.78 is 0. The molecule has 0 aliphatic carbocycles. The first-order chi connectivity index (χ1) is 9.49. The van der Waals surface area contributed by atoms with Crippen LogP contribution >= 0.6 is 0 Å². The maximum absolute atomic E-state index is 6.17. The lowest BCUT2D eigenvalue weighted by Crippen LogP contribution is -2.30. The Balaban J connectivity index is 2.78. The zero-order valence-corrected chi connectivity index (χ0v) is 13.6. The van der Waals surface area contributed by atoms with Crippen LogP contribution < -0.4 is 11.5 Å². The second kappa shape index (κ2) is 8.43. The van der Waals surface area contributed by atoms with Crippen LogP contribution in [0.5, 0.6) is 0 Å². The van der Waals surface area contributed by atoms with Crippen molar-refractivity contribution in [1.82, 2.24) is 0 Å². The molecule has 0 aliphatic rings. The molecule has 20 heavy (non-hydrogen) atoms. The summed E-state index contributed by atoms with van der Waals surface area (Å²) in [5, 5.41) is 0. The first-order valence-electron chi connectivity index (χ1n) is 8.07. The van der Waals surface area contributed by atoms with Crippen molar-refractivity contribution < 1.29 is 0 Å². The highest BCUT2D eigenvalue weighted by atomic mass is 14.6. The minimum Gasteiger partial charge on any atom is -0.327 e. The quantitative estimate of drug-likeness (QED) is 0.763. The van der Waals surface area contributed by atoms with Gasteiger partial charge in [0.25, 0.3) is 0 Å². The molecule has 4 N–H and O–H groups in total. The van der Waals surface area contributed by atoms with Crippen LogP contribution in [0.4, 0.5) is 0 Å². The Morgan fingerprint density at radius 1 is 0.800 bits per heavy atom. The Morgan fingerprint density at radius 2 is 1.15 bits per heavy atom. The minimum absolute atomic E-state index is 0.290. The fourth-order valence-electron chi connectivity index (χ4n) is 2.76. The van der Waals surface area contributed by atoms with Gasteiger partial charge in [-0.15, -0.1) is 0 Å². The average Bonchev–Trinajstić information content (AvgIpc) is 2.47. The molecule has 2 nitrogen and oxygen atoms in total. The standard InChI is InChI=1S/C18H32N2/c1-5-17(19)13(3)11-15-9-7-8-10-16(15)12-14(4)18(20)6-2/h7-10,13-14,17-18H,5-6,11-12,19-20H2,1-4H3. The predicted octanol–water partition coefficient (Wildman–Crippen LogP) is 3.52. The van der Waals surface area contributed by atoms with Gasteiger partial charge in [0.05, 0.1) is 0 Å². The highest BCUT2D eigenvalue weighted by Gasteiger charge is 2.16.